The topological polar surface area (TPSA) is 49.9 Å². The average Bonchev–Trinajstić information content (AvgIpc) is 3.09. The fourth-order valence-electron chi connectivity index (χ4n) is 3.22. The van der Waals surface area contributed by atoms with Gasteiger partial charge in [-0.3, -0.25) is 9.59 Å². The number of para-hydroxylation sites is 1. The first-order valence-electron chi connectivity index (χ1n) is 7.51. The fourth-order valence-corrected chi connectivity index (χ4v) is 4.70. The van der Waals surface area contributed by atoms with Crippen molar-refractivity contribution in [2.75, 3.05) is 37.5 Å². The zero-order valence-electron chi connectivity index (χ0n) is 12.9. The predicted octanol–water partition coefficient (Wildman–Crippen LogP) is 1.82. The number of hydrogen-bond acceptors (Lipinski definition) is 4. The normalized spacial score (nSPS) is 23.5. The Morgan fingerprint density at radius 1 is 1.41 bits per heavy atom. The summed E-state index contributed by atoms with van der Waals surface area (Å²) >= 11 is 1.57. The van der Waals surface area contributed by atoms with E-state index in [2.05, 4.69) is 0 Å². The summed E-state index contributed by atoms with van der Waals surface area (Å²) in [6, 6.07) is 7.77. The molecule has 118 valence electrons. The van der Waals surface area contributed by atoms with Crippen molar-refractivity contribution < 1.29 is 14.3 Å². The van der Waals surface area contributed by atoms with Crippen molar-refractivity contribution in [3.8, 4) is 0 Å². The highest BCUT2D eigenvalue weighted by atomic mass is 32.2. The van der Waals surface area contributed by atoms with Gasteiger partial charge in [0.1, 0.15) is 0 Å². The molecule has 0 bridgehead atoms. The molecule has 1 aromatic rings. The second-order valence-corrected chi connectivity index (χ2v) is 6.65. The maximum absolute atomic E-state index is 13.2. The number of thioether (sulfide) groups is 1. The Balaban J connectivity index is 2.08. The Bertz CT molecular complexity index is 607. The lowest BCUT2D eigenvalue weighted by Gasteiger charge is -2.33. The zero-order valence-corrected chi connectivity index (χ0v) is 13.7. The molecule has 0 aliphatic carbocycles. The van der Waals surface area contributed by atoms with Gasteiger partial charge in [-0.1, -0.05) is 25.1 Å². The molecule has 6 heteroatoms. The number of carbonyl (C=O) groups is 2. The Kier molecular flexibility index (Phi) is 4.14. The minimum Gasteiger partial charge on any atom is -0.383 e. The molecule has 2 heterocycles. The number of methoxy groups -OCH3 is 1. The molecule has 2 amide bonds. The van der Waals surface area contributed by atoms with Crippen LogP contribution in [0, 0.1) is 0 Å². The van der Waals surface area contributed by atoms with Crippen molar-refractivity contribution in [2.24, 2.45) is 0 Å². The number of hydrogen-bond donors (Lipinski definition) is 0. The van der Waals surface area contributed by atoms with E-state index in [1.807, 2.05) is 31.2 Å². The summed E-state index contributed by atoms with van der Waals surface area (Å²) in [5.41, 5.74) is 1.83. The van der Waals surface area contributed by atoms with E-state index in [4.69, 9.17) is 4.74 Å². The van der Waals surface area contributed by atoms with Crippen molar-refractivity contribution in [3.63, 3.8) is 0 Å². The number of rotatable bonds is 4. The Morgan fingerprint density at radius 3 is 2.91 bits per heavy atom. The van der Waals surface area contributed by atoms with Crippen LogP contribution in [0.25, 0.3) is 0 Å². The maximum Gasteiger partial charge on any atom is 0.268 e. The summed E-state index contributed by atoms with van der Waals surface area (Å²) in [7, 11) is 1.62. The number of amides is 2. The van der Waals surface area contributed by atoms with E-state index in [1.54, 1.807) is 28.7 Å². The SMILES string of the molecule is CCC(=O)N1CCSC12C(=O)N(CCOC)c1ccccc12. The van der Waals surface area contributed by atoms with Crippen LogP contribution in [0.2, 0.25) is 0 Å². The van der Waals surface area contributed by atoms with Gasteiger partial charge in [0.15, 0.2) is 4.87 Å². The molecule has 5 nitrogen and oxygen atoms in total. The van der Waals surface area contributed by atoms with E-state index in [-0.39, 0.29) is 11.8 Å². The standard InChI is InChI=1S/C16H20N2O3S/c1-3-14(19)18-9-11-22-16(18)12-6-4-5-7-13(12)17(15(16)20)8-10-21-2/h4-7H,3,8-11H2,1-2H3. The molecule has 1 atom stereocenters. The summed E-state index contributed by atoms with van der Waals surface area (Å²) in [5, 5.41) is 0. The summed E-state index contributed by atoms with van der Waals surface area (Å²) in [5.74, 6) is 0.793. The number of nitrogens with zero attached hydrogens (tertiary/aromatic N) is 2. The van der Waals surface area contributed by atoms with Crippen LogP contribution in [-0.2, 0) is 19.2 Å². The second kappa shape index (κ2) is 5.93. The van der Waals surface area contributed by atoms with Crippen molar-refractivity contribution in [1.82, 2.24) is 4.90 Å². The van der Waals surface area contributed by atoms with Gasteiger partial charge in [-0.05, 0) is 6.07 Å². The van der Waals surface area contributed by atoms with E-state index in [0.717, 1.165) is 17.0 Å². The van der Waals surface area contributed by atoms with Crippen LogP contribution in [0.15, 0.2) is 24.3 Å². The highest BCUT2D eigenvalue weighted by molar-refractivity contribution is 8.01. The second-order valence-electron chi connectivity index (χ2n) is 5.36. The average molecular weight is 320 g/mol. The van der Waals surface area contributed by atoms with E-state index >= 15 is 0 Å². The van der Waals surface area contributed by atoms with Gasteiger partial charge in [-0.25, -0.2) is 0 Å². The van der Waals surface area contributed by atoms with E-state index in [0.29, 0.717) is 26.1 Å². The smallest absolute Gasteiger partial charge is 0.268 e. The number of anilines is 1. The number of carbonyl (C=O) groups excluding carboxylic acids is 2. The number of ether oxygens (including phenoxy) is 1. The van der Waals surface area contributed by atoms with Crippen LogP contribution in [0.1, 0.15) is 18.9 Å². The molecule has 0 radical (unpaired) electrons. The summed E-state index contributed by atoms with van der Waals surface area (Å²) < 4.78 is 5.13. The van der Waals surface area contributed by atoms with Gasteiger partial charge in [0.05, 0.1) is 12.3 Å². The lowest BCUT2D eigenvalue weighted by molar-refractivity contribution is -0.139. The Morgan fingerprint density at radius 2 is 2.18 bits per heavy atom. The highest BCUT2D eigenvalue weighted by Crippen LogP contribution is 2.53. The monoisotopic (exact) mass is 320 g/mol. The molecule has 2 aliphatic rings. The molecule has 0 N–H and O–H groups in total. The molecule has 1 fully saturated rings. The van der Waals surface area contributed by atoms with Crippen LogP contribution in [0.4, 0.5) is 5.69 Å². The van der Waals surface area contributed by atoms with Crippen molar-refractivity contribution in [1.29, 1.82) is 0 Å². The molecular formula is C16H20N2O3S. The van der Waals surface area contributed by atoms with Crippen LogP contribution in [0.5, 0.6) is 0 Å². The molecule has 1 spiro atoms. The molecular weight excluding hydrogens is 300 g/mol. The van der Waals surface area contributed by atoms with Crippen molar-refractivity contribution in [3.05, 3.63) is 29.8 Å². The van der Waals surface area contributed by atoms with Crippen LogP contribution < -0.4 is 4.90 Å². The van der Waals surface area contributed by atoms with Crippen molar-refractivity contribution >= 4 is 29.3 Å². The third-order valence-corrected chi connectivity index (χ3v) is 5.64. The molecule has 1 aromatic carbocycles. The third kappa shape index (κ3) is 2.05. The van der Waals surface area contributed by atoms with Gasteiger partial charge in [-0.15, -0.1) is 11.8 Å². The van der Waals surface area contributed by atoms with Crippen molar-refractivity contribution in [2.45, 2.75) is 18.2 Å². The lowest BCUT2D eigenvalue weighted by atomic mass is 10.1. The van der Waals surface area contributed by atoms with E-state index < -0.39 is 4.87 Å². The summed E-state index contributed by atoms with van der Waals surface area (Å²) in [4.78, 5) is 28.2. The maximum atomic E-state index is 13.2. The quantitative estimate of drug-likeness (QED) is 0.849. The Labute approximate surface area is 134 Å². The minimum atomic E-state index is -0.878. The van der Waals surface area contributed by atoms with Gasteiger partial charge in [0.2, 0.25) is 5.91 Å². The molecule has 22 heavy (non-hydrogen) atoms. The van der Waals surface area contributed by atoms with E-state index in [1.165, 1.54) is 0 Å². The first-order valence-corrected chi connectivity index (χ1v) is 8.50. The summed E-state index contributed by atoms with van der Waals surface area (Å²) in [6.07, 6.45) is 0.413. The molecule has 0 aromatic heterocycles. The molecule has 2 aliphatic heterocycles. The fraction of sp³-hybridized carbons (Fsp3) is 0.500. The van der Waals surface area contributed by atoms with Gasteiger partial charge in [-0.2, -0.15) is 0 Å². The minimum absolute atomic E-state index is 0.0185. The van der Waals surface area contributed by atoms with Gasteiger partial charge >= 0.3 is 0 Å². The van der Waals surface area contributed by atoms with Crippen LogP contribution in [0.3, 0.4) is 0 Å². The van der Waals surface area contributed by atoms with Gasteiger partial charge < -0.3 is 14.5 Å². The number of benzene rings is 1. The Hall–Kier alpha value is -1.53. The lowest BCUT2D eigenvalue weighted by Crippen LogP contribution is -2.50. The largest absolute Gasteiger partial charge is 0.383 e. The first kappa shape index (κ1) is 15.4. The van der Waals surface area contributed by atoms with E-state index in [9.17, 15) is 9.59 Å². The van der Waals surface area contributed by atoms with Crippen LogP contribution >= 0.6 is 11.8 Å². The van der Waals surface area contributed by atoms with Gasteiger partial charge in [0, 0.05) is 37.9 Å². The third-order valence-electron chi connectivity index (χ3n) is 4.22. The first-order chi connectivity index (χ1) is 10.7. The molecule has 3 rings (SSSR count). The van der Waals surface area contributed by atoms with Gasteiger partial charge in [0.25, 0.3) is 5.91 Å². The summed E-state index contributed by atoms with van der Waals surface area (Å²) in [6.45, 7) is 3.44. The molecule has 0 saturated carbocycles. The predicted molar refractivity (Wildman–Crippen MR) is 86.8 cm³/mol. The highest BCUT2D eigenvalue weighted by Gasteiger charge is 2.58. The molecule has 1 saturated heterocycles. The number of fused-ring (bicyclic) bond motifs is 2. The zero-order chi connectivity index (χ0) is 15.7. The molecule has 1 unspecified atom stereocenters. The van der Waals surface area contributed by atoms with Crippen LogP contribution in [-0.4, -0.2) is 49.3 Å².